The molecule has 1 atom stereocenters. The Hall–Kier alpha value is -1.65. The SMILES string of the molecule is C[C@@H](Cc1ccccc1)OS(=O)(=O)Cc1ccccc1. The molecule has 0 fully saturated rings. The molecule has 4 heteroatoms. The summed E-state index contributed by atoms with van der Waals surface area (Å²) in [4.78, 5) is 0. The summed E-state index contributed by atoms with van der Waals surface area (Å²) in [5.74, 6) is -0.0903. The molecule has 20 heavy (non-hydrogen) atoms. The lowest BCUT2D eigenvalue weighted by molar-refractivity contribution is 0.229. The van der Waals surface area contributed by atoms with Gasteiger partial charge in [-0.25, -0.2) is 0 Å². The van der Waals surface area contributed by atoms with Crippen molar-refractivity contribution in [3.05, 3.63) is 71.8 Å². The molecule has 0 spiro atoms. The van der Waals surface area contributed by atoms with Crippen LogP contribution in [0.2, 0.25) is 0 Å². The Bertz CT molecular complexity index is 621. The summed E-state index contributed by atoms with van der Waals surface area (Å²) < 4.78 is 29.2. The van der Waals surface area contributed by atoms with Gasteiger partial charge in [-0.2, -0.15) is 8.42 Å². The lowest BCUT2D eigenvalue weighted by atomic mass is 10.1. The van der Waals surface area contributed by atoms with E-state index in [1.807, 2.05) is 48.5 Å². The summed E-state index contributed by atoms with van der Waals surface area (Å²) in [6.07, 6.45) is 0.209. The van der Waals surface area contributed by atoms with E-state index in [0.717, 1.165) is 11.1 Å². The van der Waals surface area contributed by atoms with Crippen LogP contribution in [-0.2, 0) is 26.5 Å². The van der Waals surface area contributed by atoms with Crippen LogP contribution >= 0.6 is 0 Å². The highest BCUT2D eigenvalue weighted by atomic mass is 32.2. The molecule has 2 aromatic carbocycles. The smallest absolute Gasteiger partial charge is 0.266 e. The Morgan fingerprint density at radius 3 is 1.95 bits per heavy atom. The molecule has 2 rings (SSSR count). The van der Waals surface area contributed by atoms with Crippen molar-refractivity contribution < 1.29 is 12.6 Å². The zero-order valence-corrected chi connectivity index (χ0v) is 12.2. The predicted octanol–water partition coefficient (Wildman–Crippen LogP) is 3.16. The number of hydrogen-bond donors (Lipinski definition) is 0. The summed E-state index contributed by atoms with van der Waals surface area (Å²) in [6, 6.07) is 18.8. The molecule has 2 aromatic rings. The van der Waals surface area contributed by atoms with E-state index in [9.17, 15) is 8.42 Å². The van der Waals surface area contributed by atoms with Crippen LogP contribution in [0.3, 0.4) is 0 Å². The first-order valence-corrected chi connectivity index (χ1v) is 8.12. The van der Waals surface area contributed by atoms with Gasteiger partial charge in [0.25, 0.3) is 10.1 Å². The molecule has 0 aromatic heterocycles. The van der Waals surface area contributed by atoms with Gasteiger partial charge in [-0.3, -0.25) is 4.18 Å². The van der Waals surface area contributed by atoms with E-state index < -0.39 is 10.1 Å². The van der Waals surface area contributed by atoms with Gasteiger partial charge >= 0.3 is 0 Å². The molecule has 106 valence electrons. The van der Waals surface area contributed by atoms with Gasteiger partial charge in [0.05, 0.1) is 6.10 Å². The van der Waals surface area contributed by atoms with Crippen LogP contribution < -0.4 is 0 Å². The second-order valence-electron chi connectivity index (χ2n) is 4.78. The average Bonchev–Trinajstić information content (AvgIpc) is 2.39. The van der Waals surface area contributed by atoms with Gasteiger partial charge < -0.3 is 0 Å². The van der Waals surface area contributed by atoms with Crippen molar-refractivity contribution in [3.63, 3.8) is 0 Å². The van der Waals surface area contributed by atoms with E-state index in [1.165, 1.54) is 0 Å². The van der Waals surface area contributed by atoms with E-state index in [4.69, 9.17) is 4.18 Å². The minimum Gasteiger partial charge on any atom is -0.266 e. The Morgan fingerprint density at radius 2 is 1.40 bits per heavy atom. The first-order valence-electron chi connectivity index (χ1n) is 6.54. The molecule has 0 heterocycles. The van der Waals surface area contributed by atoms with Gasteiger partial charge in [-0.05, 0) is 24.5 Å². The molecule has 0 aliphatic heterocycles. The fourth-order valence-corrected chi connectivity index (χ4v) is 3.28. The Labute approximate surface area is 120 Å². The van der Waals surface area contributed by atoms with Gasteiger partial charge in [-0.15, -0.1) is 0 Å². The molecular formula is C16H18O3S. The molecule has 3 nitrogen and oxygen atoms in total. The minimum atomic E-state index is -3.55. The van der Waals surface area contributed by atoms with Gasteiger partial charge in [0.2, 0.25) is 0 Å². The highest BCUT2D eigenvalue weighted by Crippen LogP contribution is 2.12. The van der Waals surface area contributed by atoms with Crippen LogP contribution in [-0.4, -0.2) is 14.5 Å². The second kappa shape index (κ2) is 6.68. The van der Waals surface area contributed by atoms with E-state index in [2.05, 4.69) is 0 Å². The predicted molar refractivity (Wildman–Crippen MR) is 79.8 cm³/mol. The zero-order chi connectivity index (χ0) is 14.4. The number of benzene rings is 2. The van der Waals surface area contributed by atoms with Crippen LogP contribution in [0.15, 0.2) is 60.7 Å². The summed E-state index contributed by atoms with van der Waals surface area (Å²) in [6.45, 7) is 1.77. The number of rotatable bonds is 6. The monoisotopic (exact) mass is 290 g/mol. The highest BCUT2D eigenvalue weighted by molar-refractivity contribution is 7.85. The third kappa shape index (κ3) is 4.79. The van der Waals surface area contributed by atoms with E-state index >= 15 is 0 Å². The van der Waals surface area contributed by atoms with Gasteiger partial charge in [-0.1, -0.05) is 60.7 Å². The fraction of sp³-hybridized carbons (Fsp3) is 0.250. The Kier molecular flexibility index (Phi) is 4.93. The van der Waals surface area contributed by atoms with Crippen molar-refractivity contribution in [2.75, 3.05) is 0 Å². The third-order valence-corrected chi connectivity index (χ3v) is 4.17. The fourth-order valence-electron chi connectivity index (χ4n) is 2.04. The van der Waals surface area contributed by atoms with E-state index in [1.54, 1.807) is 19.1 Å². The maximum absolute atomic E-state index is 12.0. The molecule has 0 amide bonds. The summed E-state index contributed by atoms with van der Waals surface area (Å²) in [7, 11) is -3.55. The van der Waals surface area contributed by atoms with E-state index in [0.29, 0.717) is 6.42 Å². The topological polar surface area (TPSA) is 43.4 Å². The molecule has 0 radical (unpaired) electrons. The largest absolute Gasteiger partial charge is 0.271 e. The van der Waals surface area contributed by atoms with Crippen LogP contribution in [0, 0.1) is 0 Å². The van der Waals surface area contributed by atoms with Gasteiger partial charge in [0.1, 0.15) is 5.75 Å². The van der Waals surface area contributed by atoms with Gasteiger partial charge in [0, 0.05) is 0 Å². The van der Waals surface area contributed by atoms with Crippen molar-refractivity contribution >= 4 is 10.1 Å². The standard InChI is InChI=1S/C16H18O3S/c1-14(12-15-8-4-2-5-9-15)19-20(17,18)13-16-10-6-3-7-11-16/h2-11,14H,12-13H2,1H3/t14-/m0/s1. The average molecular weight is 290 g/mol. The summed E-state index contributed by atoms with van der Waals surface area (Å²) in [5.41, 5.74) is 1.80. The van der Waals surface area contributed by atoms with E-state index in [-0.39, 0.29) is 11.9 Å². The molecule has 0 saturated carbocycles. The minimum absolute atomic E-state index is 0.0903. The first-order chi connectivity index (χ1) is 9.55. The number of hydrogen-bond acceptors (Lipinski definition) is 3. The highest BCUT2D eigenvalue weighted by Gasteiger charge is 2.17. The van der Waals surface area contributed by atoms with Crippen molar-refractivity contribution in [1.29, 1.82) is 0 Å². The maximum Gasteiger partial charge on any atom is 0.271 e. The van der Waals surface area contributed by atoms with Crippen LogP contribution in [0.4, 0.5) is 0 Å². The lowest BCUT2D eigenvalue weighted by Crippen LogP contribution is -2.19. The van der Waals surface area contributed by atoms with Crippen molar-refractivity contribution in [2.24, 2.45) is 0 Å². The summed E-state index contributed by atoms with van der Waals surface area (Å²) in [5, 5.41) is 0. The third-order valence-electron chi connectivity index (χ3n) is 2.86. The zero-order valence-electron chi connectivity index (χ0n) is 11.4. The molecule has 0 bridgehead atoms. The second-order valence-corrected chi connectivity index (χ2v) is 6.38. The molecule has 0 N–H and O–H groups in total. The molecular weight excluding hydrogens is 272 g/mol. The van der Waals surface area contributed by atoms with Gasteiger partial charge in [0.15, 0.2) is 0 Å². The quantitative estimate of drug-likeness (QED) is 0.768. The van der Waals surface area contributed by atoms with Crippen molar-refractivity contribution in [1.82, 2.24) is 0 Å². The normalized spacial score (nSPS) is 13.1. The Morgan fingerprint density at radius 1 is 0.900 bits per heavy atom. The molecule has 0 saturated heterocycles. The first kappa shape index (κ1) is 14.8. The van der Waals surface area contributed by atoms with Crippen molar-refractivity contribution in [2.45, 2.75) is 25.2 Å². The summed E-state index contributed by atoms with van der Waals surface area (Å²) >= 11 is 0. The van der Waals surface area contributed by atoms with Crippen LogP contribution in [0.25, 0.3) is 0 Å². The molecule has 0 aliphatic rings. The van der Waals surface area contributed by atoms with Crippen LogP contribution in [0.5, 0.6) is 0 Å². The molecule has 0 aliphatic carbocycles. The van der Waals surface area contributed by atoms with Crippen LogP contribution in [0.1, 0.15) is 18.1 Å². The maximum atomic E-state index is 12.0. The van der Waals surface area contributed by atoms with Crippen molar-refractivity contribution in [3.8, 4) is 0 Å². The lowest BCUT2D eigenvalue weighted by Gasteiger charge is -2.13. The molecule has 0 unspecified atom stereocenters. The Balaban J connectivity index is 1.94.